The van der Waals surface area contributed by atoms with Crippen molar-refractivity contribution in [3.05, 3.63) is 12.3 Å². The van der Waals surface area contributed by atoms with Crippen LogP contribution in [-0.4, -0.2) is 34.1 Å². The zero-order valence-electron chi connectivity index (χ0n) is 11.9. The Morgan fingerprint density at radius 1 is 1.37 bits per heavy atom. The summed E-state index contributed by atoms with van der Waals surface area (Å²) in [5, 5.41) is 7.52. The largest absolute Gasteiger partial charge is 0.366 e. The molecule has 2 N–H and O–H groups in total. The topological polar surface area (TPSA) is 49.8 Å². The molecular weight excluding hydrogens is 256 g/mol. The lowest BCUT2D eigenvalue weighted by atomic mass is 9.95. The Balaban J connectivity index is 1.97. The predicted molar refractivity (Wildman–Crippen MR) is 84.0 cm³/mol. The molecule has 0 aromatic carbocycles. The zero-order valence-corrected chi connectivity index (χ0v) is 12.7. The summed E-state index contributed by atoms with van der Waals surface area (Å²) in [5.41, 5.74) is 0. The van der Waals surface area contributed by atoms with Gasteiger partial charge in [0, 0.05) is 24.0 Å². The Kier molecular flexibility index (Phi) is 5.76. The van der Waals surface area contributed by atoms with E-state index in [4.69, 9.17) is 0 Å². The van der Waals surface area contributed by atoms with Crippen LogP contribution < -0.4 is 10.6 Å². The van der Waals surface area contributed by atoms with Crippen LogP contribution in [0, 0.1) is 0 Å². The molecule has 0 bridgehead atoms. The third kappa shape index (κ3) is 4.27. The Bertz CT molecular complexity index is 385. The highest BCUT2D eigenvalue weighted by atomic mass is 32.2. The van der Waals surface area contributed by atoms with Crippen molar-refractivity contribution in [3.8, 4) is 0 Å². The van der Waals surface area contributed by atoms with Gasteiger partial charge in [-0.15, -0.1) is 0 Å². The molecule has 2 rings (SSSR count). The molecule has 1 heterocycles. The first-order chi connectivity index (χ1) is 9.33. The molecule has 2 atom stereocenters. The van der Waals surface area contributed by atoms with Gasteiger partial charge in [-0.2, -0.15) is 16.7 Å². The van der Waals surface area contributed by atoms with Crippen LogP contribution in [0.4, 0.5) is 11.8 Å². The van der Waals surface area contributed by atoms with E-state index in [1.54, 1.807) is 0 Å². The number of hydrogen-bond donors (Lipinski definition) is 2. The fourth-order valence-corrected chi connectivity index (χ4v) is 3.43. The van der Waals surface area contributed by atoms with E-state index in [1.807, 2.05) is 24.0 Å². The van der Waals surface area contributed by atoms with E-state index in [0.717, 1.165) is 24.7 Å². The lowest BCUT2D eigenvalue weighted by Gasteiger charge is -2.31. The first-order valence-corrected chi connectivity index (χ1v) is 8.48. The molecule has 0 spiro atoms. The SMILES string of the molecule is CCCNc1nccc(NC2CCCCC2SC)n1. The normalized spacial score (nSPS) is 23.1. The number of anilines is 2. The van der Waals surface area contributed by atoms with Gasteiger partial charge in [-0.3, -0.25) is 0 Å². The van der Waals surface area contributed by atoms with Crippen molar-refractivity contribution in [2.24, 2.45) is 0 Å². The molecule has 1 aliphatic carbocycles. The third-order valence-electron chi connectivity index (χ3n) is 3.53. The number of aromatic nitrogens is 2. The van der Waals surface area contributed by atoms with E-state index < -0.39 is 0 Å². The fraction of sp³-hybridized carbons (Fsp3) is 0.714. The molecule has 5 heteroatoms. The van der Waals surface area contributed by atoms with Gasteiger partial charge < -0.3 is 10.6 Å². The molecule has 1 aromatic rings. The zero-order chi connectivity index (χ0) is 13.5. The molecule has 1 aliphatic rings. The van der Waals surface area contributed by atoms with Crippen LogP contribution >= 0.6 is 11.8 Å². The molecule has 1 aromatic heterocycles. The highest BCUT2D eigenvalue weighted by Crippen LogP contribution is 2.29. The number of nitrogens with zero attached hydrogens (tertiary/aromatic N) is 2. The van der Waals surface area contributed by atoms with Crippen LogP contribution in [0.25, 0.3) is 0 Å². The summed E-state index contributed by atoms with van der Waals surface area (Å²) in [6, 6.07) is 2.50. The van der Waals surface area contributed by atoms with Crippen molar-refractivity contribution in [2.75, 3.05) is 23.4 Å². The van der Waals surface area contributed by atoms with Gasteiger partial charge in [0.25, 0.3) is 0 Å². The van der Waals surface area contributed by atoms with Gasteiger partial charge in [0.2, 0.25) is 5.95 Å². The van der Waals surface area contributed by atoms with Gasteiger partial charge in [0.1, 0.15) is 5.82 Å². The van der Waals surface area contributed by atoms with Crippen molar-refractivity contribution < 1.29 is 0 Å². The maximum atomic E-state index is 4.53. The number of hydrogen-bond acceptors (Lipinski definition) is 5. The van der Waals surface area contributed by atoms with Gasteiger partial charge >= 0.3 is 0 Å². The summed E-state index contributed by atoms with van der Waals surface area (Å²) >= 11 is 1.97. The highest BCUT2D eigenvalue weighted by Gasteiger charge is 2.24. The van der Waals surface area contributed by atoms with Crippen LogP contribution in [0.2, 0.25) is 0 Å². The first-order valence-electron chi connectivity index (χ1n) is 7.19. The Hall–Kier alpha value is -0.970. The van der Waals surface area contributed by atoms with E-state index >= 15 is 0 Å². The summed E-state index contributed by atoms with van der Waals surface area (Å²) in [6.45, 7) is 3.06. The quantitative estimate of drug-likeness (QED) is 0.836. The van der Waals surface area contributed by atoms with E-state index in [0.29, 0.717) is 11.3 Å². The minimum absolute atomic E-state index is 0.540. The number of thioether (sulfide) groups is 1. The minimum Gasteiger partial charge on any atom is -0.366 e. The molecule has 4 nitrogen and oxygen atoms in total. The number of rotatable bonds is 6. The average molecular weight is 280 g/mol. The maximum Gasteiger partial charge on any atom is 0.224 e. The van der Waals surface area contributed by atoms with Crippen molar-refractivity contribution in [3.63, 3.8) is 0 Å². The Labute approximate surface area is 120 Å². The summed E-state index contributed by atoms with van der Waals surface area (Å²) < 4.78 is 0. The molecule has 19 heavy (non-hydrogen) atoms. The van der Waals surface area contributed by atoms with Crippen molar-refractivity contribution >= 4 is 23.5 Å². The monoisotopic (exact) mass is 280 g/mol. The second-order valence-corrected chi connectivity index (χ2v) is 6.08. The maximum absolute atomic E-state index is 4.53. The molecule has 0 radical (unpaired) electrons. The van der Waals surface area contributed by atoms with E-state index in [9.17, 15) is 0 Å². The van der Waals surface area contributed by atoms with Crippen molar-refractivity contribution in [1.82, 2.24) is 9.97 Å². The summed E-state index contributed by atoms with van der Waals surface area (Å²) in [5.74, 6) is 1.67. The van der Waals surface area contributed by atoms with Gasteiger partial charge in [-0.05, 0) is 31.6 Å². The fourth-order valence-electron chi connectivity index (χ4n) is 2.50. The summed E-state index contributed by atoms with van der Waals surface area (Å²) in [6.07, 6.45) is 10.3. The van der Waals surface area contributed by atoms with Crippen LogP contribution in [0.1, 0.15) is 39.0 Å². The lowest BCUT2D eigenvalue weighted by Crippen LogP contribution is -2.34. The minimum atomic E-state index is 0.540. The standard InChI is InChI=1S/C14H24N4S/c1-3-9-15-14-16-10-8-13(18-14)17-11-6-4-5-7-12(11)19-2/h8,10-12H,3-7,9H2,1-2H3,(H2,15,16,17,18). The molecular formula is C14H24N4S. The van der Waals surface area contributed by atoms with Gasteiger partial charge in [-0.1, -0.05) is 19.8 Å². The van der Waals surface area contributed by atoms with Gasteiger partial charge in [0.15, 0.2) is 0 Å². The van der Waals surface area contributed by atoms with Crippen LogP contribution in [0.5, 0.6) is 0 Å². The third-order valence-corrected chi connectivity index (χ3v) is 4.70. The van der Waals surface area contributed by atoms with Gasteiger partial charge in [-0.25, -0.2) is 4.98 Å². The van der Waals surface area contributed by atoms with E-state index in [2.05, 4.69) is 33.8 Å². The molecule has 2 unspecified atom stereocenters. The molecule has 1 saturated carbocycles. The molecule has 106 valence electrons. The average Bonchev–Trinajstić information content (AvgIpc) is 2.46. The van der Waals surface area contributed by atoms with E-state index in [-0.39, 0.29) is 0 Å². The lowest BCUT2D eigenvalue weighted by molar-refractivity contribution is 0.474. The van der Waals surface area contributed by atoms with Crippen LogP contribution in [0.3, 0.4) is 0 Å². The van der Waals surface area contributed by atoms with Crippen molar-refractivity contribution in [1.29, 1.82) is 0 Å². The second kappa shape index (κ2) is 7.58. The Morgan fingerprint density at radius 2 is 2.21 bits per heavy atom. The first kappa shape index (κ1) is 14.4. The number of nitrogens with one attached hydrogen (secondary N) is 2. The van der Waals surface area contributed by atoms with Gasteiger partial charge in [0.05, 0.1) is 0 Å². The van der Waals surface area contributed by atoms with Crippen molar-refractivity contribution in [2.45, 2.75) is 50.3 Å². The predicted octanol–water partition coefficient (Wildman–Crippen LogP) is 3.38. The molecule has 0 aliphatic heterocycles. The summed E-state index contributed by atoms with van der Waals surface area (Å²) in [4.78, 5) is 8.77. The molecule has 0 saturated heterocycles. The van der Waals surface area contributed by atoms with Crippen LogP contribution in [0.15, 0.2) is 12.3 Å². The second-order valence-electron chi connectivity index (χ2n) is 5.00. The Morgan fingerprint density at radius 3 is 3.00 bits per heavy atom. The summed E-state index contributed by atoms with van der Waals surface area (Å²) in [7, 11) is 0. The smallest absolute Gasteiger partial charge is 0.224 e. The molecule has 1 fully saturated rings. The molecule has 0 amide bonds. The van der Waals surface area contributed by atoms with E-state index in [1.165, 1.54) is 25.7 Å². The van der Waals surface area contributed by atoms with Crippen LogP contribution in [-0.2, 0) is 0 Å². The highest BCUT2D eigenvalue weighted by molar-refractivity contribution is 7.99.